The molecule has 0 saturated heterocycles. The summed E-state index contributed by atoms with van der Waals surface area (Å²) in [6.45, 7) is 6.81. The quantitative estimate of drug-likeness (QED) is 0.751. The molecule has 2 nitrogen and oxygen atoms in total. The molecule has 0 atom stereocenters. The molecule has 0 fully saturated rings. The maximum Gasteiger partial charge on any atom is 0.123 e. The molecule has 19 heavy (non-hydrogen) atoms. The van der Waals surface area contributed by atoms with E-state index < -0.39 is 0 Å². The first-order valence-corrected chi connectivity index (χ1v) is 7.63. The summed E-state index contributed by atoms with van der Waals surface area (Å²) in [5, 5.41) is 3.01. The van der Waals surface area contributed by atoms with E-state index in [-0.39, 0.29) is 5.60 Å². The van der Waals surface area contributed by atoms with Gasteiger partial charge in [-0.25, -0.2) is 4.98 Å². The lowest BCUT2D eigenvalue weighted by atomic mass is 10.1. The number of ether oxygens (including phenoxy) is 1. The zero-order valence-corrected chi connectivity index (χ0v) is 13.0. The first-order valence-electron chi connectivity index (χ1n) is 6.21. The third-order valence-corrected chi connectivity index (χ3v) is 3.78. The molecule has 0 unspecified atom stereocenters. The summed E-state index contributed by atoms with van der Waals surface area (Å²) < 4.78 is 5.75. The highest BCUT2D eigenvalue weighted by Gasteiger charge is 2.10. The maximum absolute atomic E-state index is 5.76. The number of aromatic nitrogens is 1. The Morgan fingerprint density at radius 2 is 1.89 bits per heavy atom. The Hall–Kier alpha value is -0.900. The Kier molecular flexibility index (Phi) is 4.61. The molecule has 0 aliphatic carbocycles. The van der Waals surface area contributed by atoms with Gasteiger partial charge in [-0.05, 0) is 26.3 Å². The minimum atomic E-state index is -0.108. The number of hydrogen-bond acceptors (Lipinski definition) is 3. The number of hydrogen-bond donors (Lipinski definition) is 0. The van der Waals surface area contributed by atoms with Crippen molar-refractivity contribution in [3.05, 3.63) is 40.9 Å². The van der Waals surface area contributed by atoms with Crippen LogP contribution in [0.15, 0.2) is 29.6 Å². The lowest BCUT2D eigenvalue weighted by molar-refractivity contribution is -0.0149. The van der Waals surface area contributed by atoms with Crippen LogP contribution in [0, 0.1) is 0 Å². The van der Waals surface area contributed by atoms with Gasteiger partial charge in [0.2, 0.25) is 0 Å². The van der Waals surface area contributed by atoms with E-state index in [1.165, 1.54) is 5.56 Å². The van der Waals surface area contributed by atoms with Gasteiger partial charge in [0.25, 0.3) is 0 Å². The van der Waals surface area contributed by atoms with Crippen LogP contribution in [0.3, 0.4) is 0 Å². The molecular weight excluding hydrogens is 278 g/mol. The summed E-state index contributed by atoms with van der Waals surface area (Å²) in [5.74, 6) is 0.466. The van der Waals surface area contributed by atoms with Gasteiger partial charge in [-0.3, -0.25) is 0 Å². The van der Waals surface area contributed by atoms with Crippen LogP contribution in [-0.4, -0.2) is 10.6 Å². The molecule has 2 aromatic rings. The zero-order chi connectivity index (χ0) is 13.9. The van der Waals surface area contributed by atoms with Crippen molar-refractivity contribution < 1.29 is 4.74 Å². The van der Waals surface area contributed by atoms with E-state index in [9.17, 15) is 0 Å². The normalized spacial score (nSPS) is 11.8. The van der Waals surface area contributed by atoms with Gasteiger partial charge in [0.05, 0.1) is 23.8 Å². The summed E-state index contributed by atoms with van der Waals surface area (Å²) in [4.78, 5) is 4.47. The van der Waals surface area contributed by atoms with Gasteiger partial charge in [-0.2, -0.15) is 0 Å². The van der Waals surface area contributed by atoms with E-state index in [1.54, 1.807) is 11.3 Å². The molecule has 0 amide bonds. The minimum Gasteiger partial charge on any atom is -0.371 e. The summed E-state index contributed by atoms with van der Waals surface area (Å²) in [6.07, 6.45) is 0. The van der Waals surface area contributed by atoms with Gasteiger partial charge in [0, 0.05) is 10.9 Å². The Balaban J connectivity index is 2.06. The van der Waals surface area contributed by atoms with Crippen LogP contribution >= 0.6 is 22.9 Å². The fourth-order valence-corrected chi connectivity index (χ4v) is 2.60. The summed E-state index contributed by atoms with van der Waals surface area (Å²) >= 11 is 7.39. The number of alkyl halides is 1. The second-order valence-corrected chi connectivity index (χ2v) is 6.50. The zero-order valence-electron chi connectivity index (χ0n) is 11.4. The molecule has 0 saturated carbocycles. The van der Waals surface area contributed by atoms with Crippen LogP contribution in [0.1, 0.15) is 32.0 Å². The number of halogens is 1. The number of rotatable bonds is 4. The fourth-order valence-electron chi connectivity index (χ4n) is 1.54. The molecule has 1 aromatic carbocycles. The van der Waals surface area contributed by atoms with E-state index >= 15 is 0 Å². The average molecular weight is 296 g/mol. The van der Waals surface area contributed by atoms with Crippen molar-refractivity contribution in [2.75, 3.05) is 0 Å². The van der Waals surface area contributed by atoms with Gasteiger partial charge in [0.1, 0.15) is 5.01 Å². The molecule has 0 aliphatic heterocycles. The molecule has 0 N–H and O–H groups in total. The Morgan fingerprint density at radius 3 is 2.42 bits per heavy atom. The number of nitrogens with zero attached hydrogens (tertiary/aromatic N) is 1. The van der Waals surface area contributed by atoms with E-state index in [2.05, 4.69) is 50.0 Å². The van der Waals surface area contributed by atoms with Crippen LogP contribution < -0.4 is 0 Å². The van der Waals surface area contributed by atoms with Crippen molar-refractivity contribution in [1.29, 1.82) is 0 Å². The van der Waals surface area contributed by atoms with Crippen molar-refractivity contribution in [3.63, 3.8) is 0 Å². The van der Waals surface area contributed by atoms with Crippen molar-refractivity contribution in [2.45, 2.75) is 38.9 Å². The first-order chi connectivity index (χ1) is 8.98. The van der Waals surface area contributed by atoms with Crippen LogP contribution in [0.25, 0.3) is 10.6 Å². The molecule has 4 heteroatoms. The van der Waals surface area contributed by atoms with Crippen LogP contribution in [0.4, 0.5) is 0 Å². The fraction of sp³-hybridized carbons (Fsp3) is 0.400. The van der Waals surface area contributed by atoms with Crippen LogP contribution in [0.2, 0.25) is 0 Å². The smallest absolute Gasteiger partial charge is 0.123 e. The Labute approximate surface area is 123 Å². The van der Waals surface area contributed by atoms with E-state index in [0.29, 0.717) is 12.5 Å². The highest BCUT2D eigenvalue weighted by Crippen LogP contribution is 2.25. The molecular formula is C15H18ClNOS. The highest BCUT2D eigenvalue weighted by molar-refractivity contribution is 7.13. The summed E-state index contributed by atoms with van der Waals surface area (Å²) in [5.41, 5.74) is 3.12. The van der Waals surface area contributed by atoms with Crippen molar-refractivity contribution in [3.8, 4) is 10.6 Å². The van der Waals surface area contributed by atoms with Crippen molar-refractivity contribution >= 4 is 22.9 Å². The molecule has 2 rings (SSSR count). The molecule has 1 heterocycles. The number of benzene rings is 1. The lowest BCUT2D eigenvalue weighted by Crippen LogP contribution is -2.18. The molecule has 0 spiro atoms. The molecule has 102 valence electrons. The summed E-state index contributed by atoms with van der Waals surface area (Å²) in [6, 6.07) is 8.34. The minimum absolute atomic E-state index is 0.108. The monoisotopic (exact) mass is 295 g/mol. The van der Waals surface area contributed by atoms with E-state index in [0.717, 1.165) is 16.3 Å². The number of thiazole rings is 1. The lowest BCUT2D eigenvalue weighted by Gasteiger charge is -2.19. The predicted molar refractivity (Wildman–Crippen MR) is 81.6 cm³/mol. The van der Waals surface area contributed by atoms with Crippen LogP contribution in [-0.2, 0) is 17.2 Å². The second-order valence-electron chi connectivity index (χ2n) is 5.38. The summed E-state index contributed by atoms with van der Waals surface area (Å²) in [7, 11) is 0. The largest absolute Gasteiger partial charge is 0.371 e. The molecule has 1 aromatic heterocycles. The third-order valence-electron chi connectivity index (χ3n) is 2.56. The standard InChI is InChI=1S/C15H18ClNOS/c1-15(2,3)18-9-11-4-6-12(7-5-11)14-17-13(8-16)10-19-14/h4-7,10H,8-9H2,1-3H3. The van der Waals surface area contributed by atoms with E-state index in [1.807, 2.05) is 5.38 Å². The molecule has 0 radical (unpaired) electrons. The van der Waals surface area contributed by atoms with E-state index in [4.69, 9.17) is 16.3 Å². The Bertz CT molecular complexity index is 528. The second kappa shape index (κ2) is 6.04. The maximum atomic E-state index is 5.76. The van der Waals surface area contributed by atoms with Gasteiger partial charge in [-0.1, -0.05) is 24.3 Å². The van der Waals surface area contributed by atoms with Gasteiger partial charge < -0.3 is 4.74 Å². The first kappa shape index (κ1) is 14.5. The SMILES string of the molecule is CC(C)(C)OCc1ccc(-c2nc(CCl)cs2)cc1. The third kappa shape index (κ3) is 4.30. The predicted octanol–water partition coefficient (Wildman–Crippen LogP) is 4.86. The van der Waals surface area contributed by atoms with Crippen molar-refractivity contribution in [2.24, 2.45) is 0 Å². The molecule has 0 bridgehead atoms. The average Bonchev–Trinajstić information content (AvgIpc) is 2.85. The van der Waals surface area contributed by atoms with Gasteiger partial charge >= 0.3 is 0 Å². The highest BCUT2D eigenvalue weighted by atomic mass is 35.5. The van der Waals surface area contributed by atoms with Crippen LogP contribution in [0.5, 0.6) is 0 Å². The van der Waals surface area contributed by atoms with Gasteiger partial charge in [0.15, 0.2) is 0 Å². The van der Waals surface area contributed by atoms with Crippen molar-refractivity contribution in [1.82, 2.24) is 4.98 Å². The topological polar surface area (TPSA) is 22.1 Å². The Morgan fingerprint density at radius 1 is 1.21 bits per heavy atom. The van der Waals surface area contributed by atoms with Gasteiger partial charge in [-0.15, -0.1) is 22.9 Å². The molecule has 0 aliphatic rings.